The standard InChI is InChI=1S/C29H21FN4O3S2/c1-17-24(28(36)37-2)26(22-9-6-14-38-22)34-27(35)23(39-29(34)31-17)15-19-16-33(21-7-4-3-5-8-21)32-25(19)18-10-12-20(30)13-11-18/h3-16,26H,1-2H3. The molecule has 0 N–H and O–H groups in total. The summed E-state index contributed by atoms with van der Waals surface area (Å²) in [6.07, 6.45) is 3.62. The molecular weight excluding hydrogens is 535 g/mol. The lowest BCUT2D eigenvalue weighted by atomic mass is 10.0. The lowest BCUT2D eigenvalue weighted by Crippen LogP contribution is -2.39. The number of nitrogens with zero attached hydrogens (tertiary/aromatic N) is 4. The number of carbonyl (C=O) groups is 1. The molecule has 10 heteroatoms. The molecule has 6 rings (SSSR count). The van der Waals surface area contributed by atoms with Crippen molar-refractivity contribution in [2.75, 3.05) is 7.11 Å². The number of esters is 1. The van der Waals surface area contributed by atoms with Crippen molar-refractivity contribution in [1.29, 1.82) is 0 Å². The number of halogens is 1. The van der Waals surface area contributed by atoms with Crippen LogP contribution >= 0.6 is 22.7 Å². The predicted octanol–water partition coefficient (Wildman–Crippen LogP) is 4.46. The smallest absolute Gasteiger partial charge is 0.338 e. The minimum absolute atomic E-state index is 0.274. The Hall–Kier alpha value is -4.41. The summed E-state index contributed by atoms with van der Waals surface area (Å²) in [5.74, 6) is -0.867. The molecule has 4 heterocycles. The number of carbonyl (C=O) groups excluding carboxylic acids is 1. The molecule has 0 amide bonds. The van der Waals surface area contributed by atoms with Gasteiger partial charge < -0.3 is 4.74 Å². The van der Waals surface area contributed by atoms with Crippen LogP contribution in [-0.4, -0.2) is 27.4 Å². The predicted molar refractivity (Wildman–Crippen MR) is 149 cm³/mol. The number of ether oxygens (including phenoxy) is 1. The fraction of sp³-hybridized carbons (Fsp3) is 0.103. The van der Waals surface area contributed by atoms with Crippen LogP contribution in [0, 0.1) is 5.82 Å². The van der Waals surface area contributed by atoms with Crippen molar-refractivity contribution in [1.82, 2.24) is 14.3 Å². The zero-order chi connectivity index (χ0) is 27.1. The first kappa shape index (κ1) is 24.9. The summed E-state index contributed by atoms with van der Waals surface area (Å²) in [5.41, 5.74) is 3.42. The number of aromatic nitrogens is 3. The van der Waals surface area contributed by atoms with Gasteiger partial charge in [-0.1, -0.05) is 35.6 Å². The molecular formula is C29H21FN4O3S2. The first-order valence-electron chi connectivity index (χ1n) is 12.0. The highest BCUT2D eigenvalue weighted by molar-refractivity contribution is 7.10. The van der Waals surface area contributed by atoms with E-state index in [1.807, 2.05) is 54.0 Å². The van der Waals surface area contributed by atoms with Gasteiger partial charge in [-0.3, -0.25) is 9.36 Å². The van der Waals surface area contributed by atoms with Gasteiger partial charge in [-0.2, -0.15) is 5.10 Å². The zero-order valence-electron chi connectivity index (χ0n) is 20.9. The Morgan fingerprint density at radius 2 is 1.85 bits per heavy atom. The van der Waals surface area contributed by atoms with Gasteiger partial charge in [0.25, 0.3) is 5.56 Å². The van der Waals surface area contributed by atoms with Gasteiger partial charge in [0, 0.05) is 22.2 Å². The van der Waals surface area contributed by atoms with E-state index in [2.05, 4.69) is 4.99 Å². The van der Waals surface area contributed by atoms with Crippen molar-refractivity contribution in [3.8, 4) is 16.9 Å². The first-order valence-corrected chi connectivity index (χ1v) is 13.7. The van der Waals surface area contributed by atoms with Gasteiger partial charge in [-0.15, -0.1) is 11.3 Å². The average Bonchev–Trinajstić information content (AvgIpc) is 3.69. The van der Waals surface area contributed by atoms with Crippen molar-refractivity contribution in [3.63, 3.8) is 0 Å². The highest BCUT2D eigenvalue weighted by Gasteiger charge is 2.33. The van der Waals surface area contributed by atoms with Gasteiger partial charge >= 0.3 is 5.97 Å². The Balaban J connectivity index is 1.56. The average molecular weight is 557 g/mol. The van der Waals surface area contributed by atoms with Gasteiger partial charge in [0.2, 0.25) is 0 Å². The van der Waals surface area contributed by atoms with Crippen LogP contribution in [0.4, 0.5) is 4.39 Å². The van der Waals surface area contributed by atoms with Crippen LogP contribution in [0.2, 0.25) is 0 Å². The summed E-state index contributed by atoms with van der Waals surface area (Å²) < 4.78 is 22.5. The second kappa shape index (κ2) is 10.0. The Morgan fingerprint density at radius 1 is 1.08 bits per heavy atom. The van der Waals surface area contributed by atoms with E-state index >= 15 is 0 Å². The van der Waals surface area contributed by atoms with Crippen molar-refractivity contribution in [2.24, 2.45) is 4.99 Å². The Labute approximate surface area is 230 Å². The second-order valence-corrected chi connectivity index (χ2v) is 10.8. The van der Waals surface area contributed by atoms with E-state index < -0.39 is 12.0 Å². The van der Waals surface area contributed by atoms with Crippen molar-refractivity contribution >= 4 is 34.7 Å². The molecule has 1 unspecified atom stereocenters. The lowest BCUT2D eigenvalue weighted by Gasteiger charge is -2.22. The quantitative estimate of drug-likeness (QED) is 0.300. The molecule has 5 aromatic rings. The van der Waals surface area contributed by atoms with Crippen LogP contribution in [0.15, 0.2) is 99.4 Å². The van der Waals surface area contributed by atoms with Crippen LogP contribution in [0.1, 0.15) is 23.4 Å². The Morgan fingerprint density at radius 3 is 2.54 bits per heavy atom. The number of fused-ring (bicyclic) bond motifs is 1. The number of hydrogen-bond acceptors (Lipinski definition) is 7. The Kier molecular flexibility index (Phi) is 6.41. The molecule has 194 valence electrons. The Bertz CT molecular complexity index is 1900. The maximum Gasteiger partial charge on any atom is 0.338 e. The van der Waals surface area contributed by atoms with Gasteiger partial charge in [0.15, 0.2) is 4.80 Å². The maximum atomic E-state index is 13.9. The second-order valence-electron chi connectivity index (χ2n) is 8.81. The SMILES string of the molecule is COC(=O)C1=C(C)N=c2sc(=Cc3cn(-c4ccccc4)nc3-c3ccc(F)cc3)c(=O)n2C1c1cccs1. The van der Waals surface area contributed by atoms with E-state index in [0.717, 1.165) is 10.6 Å². The maximum absolute atomic E-state index is 13.9. The number of benzene rings is 2. The summed E-state index contributed by atoms with van der Waals surface area (Å²) >= 11 is 2.70. The molecule has 0 saturated carbocycles. The van der Waals surface area contributed by atoms with Gasteiger partial charge in [-0.25, -0.2) is 18.9 Å². The van der Waals surface area contributed by atoms with Crippen molar-refractivity contribution in [3.05, 3.63) is 126 Å². The highest BCUT2D eigenvalue weighted by Crippen LogP contribution is 2.33. The summed E-state index contributed by atoms with van der Waals surface area (Å²) in [6, 6.07) is 18.8. The monoisotopic (exact) mass is 556 g/mol. The number of hydrogen-bond donors (Lipinski definition) is 0. The van der Waals surface area contributed by atoms with Crippen LogP contribution in [-0.2, 0) is 9.53 Å². The number of methoxy groups -OCH3 is 1. The minimum atomic E-state index is -0.639. The molecule has 0 aliphatic carbocycles. The molecule has 0 radical (unpaired) electrons. The molecule has 3 aromatic heterocycles. The fourth-order valence-electron chi connectivity index (χ4n) is 4.59. The van der Waals surface area contributed by atoms with Gasteiger partial charge in [0.1, 0.15) is 17.6 Å². The van der Waals surface area contributed by atoms with Crippen LogP contribution < -0.4 is 14.9 Å². The van der Waals surface area contributed by atoms with E-state index in [1.54, 1.807) is 34.4 Å². The largest absolute Gasteiger partial charge is 0.466 e. The highest BCUT2D eigenvalue weighted by atomic mass is 32.1. The lowest BCUT2D eigenvalue weighted by molar-refractivity contribution is -0.136. The molecule has 1 aliphatic heterocycles. The van der Waals surface area contributed by atoms with Crippen molar-refractivity contribution < 1.29 is 13.9 Å². The molecule has 0 bridgehead atoms. The molecule has 0 fully saturated rings. The number of rotatable bonds is 5. The molecule has 7 nitrogen and oxygen atoms in total. The normalized spacial score (nSPS) is 15.3. The first-order chi connectivity index (χ1) is 18.9. The molecule has 1 aliphatic rings. The number of thiophene rings is 1. The third-order valence-corrected chi connectivity index (χ3v) is 8.31. The van der Waals surface area contributed by atoms with Crippen LogP contribution in [0.5, 0.6) is 0 Å². The van der Waals surface area contributed by atoms with E-state index in [1.165, 1.54) is 41.9 Å². The summed E-state index contributed by atoms with van der Waals surface area (Å²) in [7, 11) is 1.32. The molecule has 2 aromatic carbocycles. The van der Waals surface area contributed by atoms with E-state index in [-0.39, 0.29) is 11.4 Å². The number of thiazole rings is 1. The van der Waals surface area contributed by atoms with Crippen LogP contribution in [0.25, 0.3) is 23.0 Å². The molecule has 1 atom stereocenters. The number of para-hydroxylation sites is 1. The van der Waals surface area contributed by atoms with Gasteiger partial charge in [0.05, 0.1) is 28.6 Å². The molecule has 0 spiro atoms. The van der Waals surface area contributed by atoms with E-state index in [4.69, 9.17) is 9.84 Å². The number of allylic oxidation sites excluding steroid dienone is 1. The van der Waals surface area contributed by atoms with E-state index in [0.29, 0.717) is 37.4 Å². The summed E-state index contributed by atoms with van der Waals surface area (Å²) in [4.78, 5) is 32.6. The third-order valence-electron chi connectivity index (χ3n) is 6.41. The molecule has 0 saturated heterocycles. The fourth-order valence-corrected chi connectivity index (χ4v) is 6.45. The van der Waals surface area contributed by atoms with Crippen LogP contribution in [0.3, 0.4) is 0 Å². The zero-order valence-corrected chi connectivity index (χ0v) is 22.5. The molecule has 39 heavy (non-hydrogen) atoms. The third kappa shape index (κ3) is 4.47. The minimum Gasteiger partial charge on any atom is -0.466 e. The van der Waals surface area contributed by atoms with E-state index in [9.17, 15) is 14.0 Å². The summed E-state index contributed by atoms with van der Waals surface area (Å²) in [5, 5.41) is 6.67. The summed E-state index contributed by atoms with van der Waals surface area (Å²) in [6.45, 7) is 1.75. The van der Waals surface area contributed by atoms with Crippen molar-refractivity contribution in [2.45, 2.75) is 13.0 Å². The topological polar surface area (TPSA) is 78.5 Å². The van der Waals surface area contributed by atoms with Gasteiger partial charge in [-0.05, 0) is 60.8 Å².